The second-order valence-electron chi connectivity index (χ2n) is 3.45. The molecule has 1 saturated heterocycles. The maximum Gasteiger partial charge on any atom is 0.277 e. The van der Waals surface area contributed by atoms with Crippen molar-refractivity contribution in [1.29, 1.82) is 0 Å². The van der Waals surface area contributed by atoms with Gasteiger partial charge in [-0.2, -0.15) is 0 Å². The number of aromatic nitrogens is 1. The van der Waals surface area contributed by atoms with Crippen molar-refractivity contribution in [1.82, 2.24) is 10.0 Å². The Morgan fingerprint density at radius 2 is 2.00 bits per heavy atom. The van der Waals surface area contributed by atoms with E-state index in [2.05, 4.69) is 4.98 Å². The summed E-state index contributed by atoms with van der Waals surface area (Å²) in [7, 11) is 0. The van der Waals surface area contributed by atoms with Crippen molar-refractivity contribution in [2.75, 3.05) is 13.2 Å². The molecule has 2 heterocycles. The van der Waals surface area contributed by atoms with Gasteiger partial charge in [-0.15, -0.1) is 0 Å². The van der Waals surface area contributed by atoms with E-state index in [0.717, 1.165) is 12.8 Å². The molecule has 6 heteroatoms. The Bertz CT molecular complexity index is 386. The minimum absolute atomic E-state index is 0.202. The molecule has 0 N–H and O–H groups in total. The fourth-order valence-corrected chi connectivity index (χ4v) is 1.95. The van der Waals surface area contributed by atoms with Crippen LogP contribution in [0.1, 0.15) is 23.2 Å². The molecule has 1 aliphatic heterocycles. The third-order valence-corrected chi connectivity index (χ3v) is 2.63. The molecule has 4 nitrogen and oxygen atoms in total. The van der Waals surface area contributed by atoms with Gasteiger partial charge in [-0.05, 0) is 25.0 Å². The van der Waals surface area contributed by atoms with E-state index in [1.807, 2.05) is 0 Å². The molecule has 1 aliphatic rings. The molecule has 0 aliphatic carbocycles. The topological polar surface area (TPSA) is 42.4 Å². The van der Waals surface area contributed by atoms with E-state index in [9.17, 15) is 4.79 Å². The summed E-state index contributed by atoms with van der Waals surface area (Å²) in [5.74, 6) is -0.231. The number of hydroxylamine groups is 2. The van der Waals surface area contributed by atoms with E-state index in [1.165, 1.54) is 17.2 Å². The molecule has 0 atom stereocenters. The standard InChI is InChI=1S/C10H10Cl2N2O2/c11-8-5-7(6-9(12)13-8)10(15)14-3-1-2-4-16-14/h5-6H,1-4H2. The Labute approximate surface area is 103 Å². The number of carbonyl (C=O) groups excluding carboxylic acids is 1. The van der Waals surface area contributed by atoms with Crippen LogP contribution in [-0.2, 0) is 4.84 Å². The number of halogens is 2. The predicted octanol–water partition coefficient (Wildman–Crippen LogP) is 2.56. The lowest BCUT2D eigenvalue weighted by atomic mass is 10.2. The van der Waals surface area contributed by atoms with Crippen molar-refractivity contribution in [3.8, 4) is 0 Å². The summed E-state index contributed by atoms with van der Waals surface area (Å²) in [5, 5.41) is 1.74. The van der Waals surface area contributed by atoms with Crippen LogP contribution in [0, 0.1) is 0 Å². The average Bonchev–Trinajstić information content (AvgIpc) is 2.28. The molecule has 1 aromatic rings. The van der Waals surface area contributed by atoms with E-state index in [-0.39, 0.29) is 16.2 Å². The first kappa shape index (κ1) is 11.6. The molecule has 0 spiro atoms. The summed E-state index contributed by atoms with van der Waals surface area (Å²) in [4.78, 5) is 21.0. The van der Waals surface area contributed by atoms with E-state index in [1.54, 1.807) is 0 Å². The summed E-state index contributed by atoms with van der Waals surface area (Å²) in [6.45, 7) is 1.16. The lowest BCUT2D eigenvalue weighted by Crippen LogP contribution is -2.35. The molecule has 0 unspecified atom stereocenters. The Hall–Kier alpha value is -0.840. The van der Waals surface area contributed by atoms with Gasteiger partial charge in [0.2, 0.25) is 0 Å². The van der Waals surface area contributed by atoms with Gasteiger partial charge in [0.1, 0.15) is 10.3 Å². The summed E-state index contributed by atoms with van der Waals surface area (Å²) < 4.78 is 0. The zero-order valence-corrected chi connectivity index (χ0v) is 9.96. The van der Waals surface area contributed by atoms with Crippen LogP contribution < -0.4 is 0 Å². The highest BCUT2D eigenvalue weighted by Gasteiger charge is 2.20. The van der Waals surface area contributed by atoms with E-state index in [4.69, 9.17) is 28.0 Å². The van der Waals surface area contributed by atoms with Crippen LogP contribution >= 0.6 is 23.2 Å². The van der Waals surface area contributed by atoms with Crippen molar-refractivity contribution in [2.45, 2.75) is 12.8 Å². The minimum Gasteiger partial charge on any atom is -0.271 e. The van der Waals surface area contributed by atoms with Gasteiger partial charge in [0.25, 0.3) is 5.91 Å². The molecule has 1 amide bonds. The number of nitrogens with zero attached hydrogens (tertiary/aromatic N) is 2. The lowest BCUT2D eigenvalue weighted by molar-refractivity contribution is -0.144. The van der Waals surface area contributed by atoms with Crippen LogP contribution in [0.2, 0.25) is 10.3 Å². The fraction of sp³-hybridized carbons (Fsp3) is 0.400. The number of hydrogen-bond donors (Lipinski definition) is 0. The van der Waals surface area contributed by atoms with Crippen LogP contribution in [0.5, 0.6) is 0 Å². The van der Waals surface area contributed by atoms with E-state index >= 15 is 0 Å². The van der Waals surface area contributed by atoms with Crippen molar-refractivity contribution < 1.29 is 9.63 Å². The van der Waals surface area contributed by atoms with Gasteiger partial charge < -0.3 is 0 Å². The summed E-state index contributed by atoms with van der Waals surface area (Å²) >= 11 is 11.5. The molecule has 2 rings (SSSR count). The Kier molecular flexibility index (Phi) is 3.63. The van der Waals surface area contributed by atoms with Crippen LogP contribution in [0.25, 0.3) is 0 Å². The normalized spacial score (nSPS) is 16.2. The maximum absolute atomic E-state index is 12.0. The third-order valence-electron chi connectivity index (χ3n) is 2.24. The Balaban J connectivity index is 2.19. The van der Waals surface area contributed by atoms with Crippen molar-refractivity contribution in [3.63, 3.8) is 0 Å². The zero-order valence-electron chi connectivity index (χ0n) is 8.45. The van der Waals surface area contributed by atoms with Gasteiger partial charge in [0.05, 0.1) is 6.61 Å². The van der Waals surface area contributed by atoms with Crippen LogP contribution in [0.4, 0.5) is 0 Å². The highest BCUT2D eigenvalue weighted by atomic mass is 35.5. The van der Waals surface area contributed by atoms with Gasteiger partial charge in [-0.25, -0.2) is 10.0 Å². The SMILES string of the molecule is O=C(c1cc(Cl)nc(Cl)c1)N1CCCCO1. The summed E-state index contributed by atoms with van der Waals surface area (Å²) in [6, 6.07) is 2.96. The molecular formula is C10H10Cl2N2O2. The van der Waals surface area contributed by atoms with Crippen LogP contribution in [0.3, 0.4) is 0 Å². The van der Waals surface area contributed by atoms with Gasteiger partial charge in [0.15, 0.2) is 0 Å². The molecule has 0 radical (unpaired) electrons. The number of rotatable bonds is 1. The number of amides is 1. The van der Waals surface area contributed by atoms with Crippen molar-refractivity contribution >= 4 is 29.1 Å². The second kappa shape index (κ2) is 4.99. The van der Waals surface area contributed by atoms with Crippen molar-refractivity contribution in [2.24, 2.45) is 0 Å². The molecule has 86 valence electrons. The predicted molar refractivity (Wildman–Crippen MR) is 60.5 cm³/mol. The van der Waals surface area contributed by atoms with E-state index < -0.39 is 0 Å². The van der Waals surface area contributed by atoms with Crippen LogP contribution in [-0.4, -0.2) is 29.1 Å². The van der Waals surface area contributed by atoms with Crippen molar-refractivity contribution in [3.05, 3.63) is 28.0 Å². The third kappa shape index (κ3) is 2.64. The number of carbonyl (C=O) groups is 1. The zero-order chi connectivity index (χ0) is 11.5. The van der Waals surface area contributed by atoms with Gasteiger partial charge in [0, 0.05) is 12.1 Å². The first-order valence-electron chi connectivity index (χ1n) is 4.95. The first-order valence-corrected chi connectivity index (χ1v) is 5.70. The minimum atomic E-state index is -0.231. The number of pyridine rings is 1. The molecule has 0 saturated carbocycles. The Morgan fingerprint density at radius 3 is 2.56 bits per heavy atom. The molecule has 16 heavy (non-hydrogen) atoms. The quantitative estimate of drug-likeness (QED) is 0.729. The van der Waals surface area contributed by atoms with Gasteiger partial charge in [-0.3, -0.25) is 9.63 Å². The highest BCUT2D eigenvalue weighted by Crippen LogP contribution is 2.18. The van der Waals surface area contributed by atoms with Gasteiger partial charge in [-0.1, -0.05) is 23.2 Å². The fourth-order valence-electron chi connectivity index (χ4n) is 1.49. The molecule has 0 aromatic carbocycles. The molecule has 1 aromatic heterocycles. The number of hydrogen-bond acceptors (Lipinski definition) is 3. The summed E-state index contributed by atoms with van der Waals surface area (Å²) in [5.41, 5.74) is 0.395. The highest BCUT2D eigenvalue weighted by molar-refractivity contribution is 6.33. The average molecular weight is 261 g/mol. The monoisotopic (exact) mass is 260 g/mol. The Morgan fingerprint density at radius 1 is 1.31 bits per heavy atom. The maximum atomic E-state index is 12.0. The largest absolute Gasteiger partial charge is 0.277 e. The molecule has 1 fully saturated rings. The summed E-state index contributed by atoms with van der Waals surface area (Å²) in [6.07, 6.45) is 1.92. The second-order valence-corrected chi connectivity index (χ2v) is 4.22. The van der Waals surface area contributed by atoms with E-state index in [0.29, 0.717) is 18.7 Å². The molecule has 0 bridgehead atoms. The lowest BCUT2D eigenvalue weighted by Gasteiger charge is -2.25. The first-order chi connectivity index (χ1) is 7.66. The molecular weight excluding hydrogens is 251 g/mol. The van der Waals surface area contributed by atoms with Crippen LogP contribution in [0.15, 0.2) is 12.1 Å². The van der Waals surface area contributed by atoms with Gasteiger partial charge >= 0.3 is 0 Å². The smallest absolute Gasteiger partial charge is 0.271 e.